The number of rotatable bonds is 7. The Labute approximate surface area is 145 Å². The third kappa shape index (κ3) is 5.07. The third-order valence-electron chi connectivity index (χ3n) is 3.42. The molecule has 6 nitrogen and oxygen atoms in total. The van der Waals surface area contributed by atoms with E-state index in [9.17, 15) is 9.59 Å². The number of aryl methyl sites for hydroxylation is 1. The molecule has 0 radical (unpaired) electrons. The van der Waals surface area contributed by atoms with Crippen molar-refractivity contribution in [3.05, 3.63) is 52.1 Å². The number of amides is 2. The van der Waals surface area contributed by atoms with Crippen molar-refractivity contribution in [2.75, 3.05) is 27.2 Å². The number of aromatic nitrogens is 1. The Balaban J connectivity index is 2.15. The van der Waals surface area contributed by atoms with Crippen molar-refractivity contribution in [1.29, 1.82) is 0 Å². The first-order chi connectivity index (χ1) is 11.5. The van der Waals surface area contributed by atoms with Crippen LogP contribution in [0.15, 0.2) is 41.5 Å². The van der Waals surface area contributed by atoms with Crippen LogP contribution in [-0.2, 0) is 11.8 Å². The molecule has 0 aliphatic heterocycles. The molecule has 7 heteroatoms. The lowest BCUT2D eigenvalue weighted by Crippen LogP contribution is -3.06. The first kappa shape index (κ1) is 18.0. The van der Waals surface area contributed by atoms with E-state index >= 15 is 0 Å². The van der Waals surface area contributed by atoms with Crippen molar-refractivity contribution in [2.45, 2.75) is 0 Å². The van der Waals surface area contributed by atoms with E-state index < -0.39 is 0 Å². The van der Waals surface area contributed by atoms with Crippen molar-refractivity contribution in [3.8, 4) is 0 Å². The summed E-state index contributed by atoms with van der Waals surface area (Å²) in [5.41, 5.74) is 1.08. The van der Waals surface area contributed by atoms with Crippen LogP contribution in [0.2, 0.25) is 0 Å². The lowest BCUT2D eigenvalue weighted by molar-refractivity contribution is -0.856. The van der Waals surface area contributed by atoms with E-state index in [0.717, 1.165) is 12.2 Å². The third-order valence-corrected chi connectivity index (χ3v) is 4.29. The van der Waals surface area contributed by atoms with Gasteiger partial charge in [0, 0.05) is 18.9 Å². The molecule has 0 saturated carbocycles. The maximum Gasteiger partial charge on any atom is 0.268 e. The van der Waals surface area contributed by atoms with Crippen molar-refractivity contribution in [2.24, 2.45) is 7.05 Å². The molecular formula is C17H23N4O2S+. The van der Waals surface area contributed by atoms with Gasteiger partial charge >= 0.3 is 0 Å². The lowest BCUT2D eigenvalue weighted by atomic mass is 10.3. The summed E-state index contributed by atoms with van der Waals surface area (Å²) in [6, 6.07) is 7.31. The fourth-order valence-corrected chi connectivity index (χ4v) is 2.66. The van der Waals surface area contributed by atoms with Crippen LogP contribution in [0.3, 0.4) is 0 Å². The number of quaternary nitrogens is 1. The van der Waals surface area contributed by atoms with Gasteiger partial charge in [0.25, 0.3) is 11.8 Å². The smallest absolute Gasteiger partial charge is 0.268 e. The van der Waals surface area contributed by atoms with E-state index in [1.165, 1.54) is 16.2 Å². The standard InChI is InChI=1S/C17H22N4O2S/c1-20(2)10-8-18-16(22)14(12-13-6-4-9-21(13)3)19-17(23)15-7-5-11-24-15/h4-7,9,11-12H,8,10H2,1-3H3,(H,18,22)(H,19,23)/p+1/b14-12+. The minimum Gasteiger partial charge on any atom is -0.351 e. The van der Waals surface area contributed by atoms with Gasteiger partial charge in [-0.3, -0.25) is 9.59 Å². The van der Waals surface area contributed by atoms with E-state index in [1.807, 2.05) is 49.4 Å². The first-order valence-electron chi connectivity index (χ1n) is 7.72. The summed E-state index contributed by atoms with van der Waals surface area (Å²) in [4.78, 5) is 26.6. The zero-order valence-electron chi connectivity index (χ0n) is 14.1. The highest BCUT2D eigenvalue weighted by Gasteiger charge is 2.15. The predicted octanol–water partition coefficient (Wildman–Crippen LogP) is 0.118. The minimum atomic E-state index is -0.289. The van der Waals surface area contributed by atoms with Gasteiger partial charge < -0.3 is 20.1 Å². The Hall–Kier alpha value is -2.38. The van der Waals surface area contributed by atoms with Gasteiger partial charge in [-0.05, 0) is 29.7 Å². The second-order valence-corrected chi connectivity index (χ2v) is 6.69. The van der Waals surface area contributed by atoms with Crippen LogP contribution in [0.5, 0.6) is 0 Å². The van der Waals surface area contributed by atoms with Gasteiger partial charge in [0.2, 0.25) is 0 Å². The van der Waals surface area contributed by atoms with Gasteiger partial charge in [-0.1, -0.05) is 6.07 Å². The average Bonchev–Trinajstić information content (AvgIpc) is 3.18. The second-order valence-electron chi connectivity index (χ2n) is 5.75. The van der Waals surface area contributed by atoms with Crippen LogP contribution in [0, 0.1) is 0 Å². The van der Waals surface area contributed by atoms with Crippen LogP contribution in [0.4, 0.5) is 0 Å². The van der Waals surface area contributed by atoms with Crippen LogP contribution in [0.25, 0.3) is 6.08 Å². The summed E-state index contributed by atoms with van der Waals surface area (Å²) in [6.07, 6.45) is 3.57. The number of hydrogen-bond donors (Lipinski definition) is 3. The zero-order valence-corrected chi connectivity index (χ0v) is 14.9. The van der Waals surface area contributed by atoms with Crippen LogP contribution in [0.1, 0.15) is 15.4 Å². The number of thiophene rings is 1. The van der Waals surface area contributed by atoms with Crippen molar-refractivity contribution in [1.82, 2.24) is 15.2 Å². The highest BCUT2D eigenvalue weighted by Crippen LogP contribution is 2.11. The van der Waals surface area contributed by atoms with Crippen molar-refractivity contribution >= 4 is 29.2 Å². The fourth-order valence-electron chi connectivity index (χ4n) is 2.04. The van der Waals surface area contributed by atoms with E-state index in [4.69, 9.17) is 0 Å². The molecular weight excluding hydrogens is 324 g/mol. The molecule has 2 aromatic rings. The number of carbonyl (C=O) groups excluding carboxylic acids is 2. The van der Waals surface area contributed by atoms with Crippen molar-refractivity contribution < 1.29 is 14.5 Å². The van der Waals surface area contributed by atoms with E-state index in [0.29, 0.717) is 11.4 Å². The summed E-state index contributed by atoms with van der Waals surface area (Å²) in [6.45, 7) is 1.35. The fraction of sp³-hybridized carbons (Fsp3) is 0.294. The molecule has 128 valence electrons. The number of likely N-dealkylation sites (N-methyl/N-ethyl adjacent to an activating group) is 1. The topological polar surface area (TPSA) is 67.6 Å². The highest BCUT2D eigenvalue weighted by molar-refractivity contribution is 7.12. The highest BCUT2D eigenvalue weighted by atomic mass is 32.1. The van der Waals surface area contributed by atoms with Crippen LogP contribution < -0.4 is 15.5 Å². The van der Waals surface area contributed by atoms with Gasteiger partial charge in [-0.2, -0.15) is 0 Å². The molecule has 0 spiro atoms. The van der Waals surface area contributed by atoms with E-state index in [-0.39, 0.29) is 17.5 Å². The summed E-state index contributed by atoms with van der Waals surface area (Å²) in [5.74, 6) is -0.568. The predicted molar refractivity (Wildman–Crippen MR) is 95.9 cm³/mol. The van der Waals surface area contributed by atoms with Crippen LogP contribution >= 0.6 is 11.3 Å². The maximum absolute atomic E-state index is 12.5. The normalized spacial score (nSPS) is 11.6. The van der Waals surface area contributed by atoms with Crippen molar-refractivity contribution in [3.63, 3.8) is 0 Å². The van der Waals surface area contributed by atoms with Gasteiger partial charge in [-0.15, -0.1) is 11.3 Å². The SMILES string of the molecule is Cn1cccc1/C=C(/NC(=O)c1cccs1)C(=O)NCC[NH+](C)C. The quantitative estimate of drug-likeness (QED) is 0.623. The number of hydrogen-bond acceptors (Lipinski definition) is 3. The minimum absolute atomic E-state index is 0.240. The van der Waals surface area contributed by atoms with Gasteiger partial charge in [0.15, 0.2) is 0 Å². The molecule has 0 aliphatic carbocycles. The summed E-state index contributed by atoms with van der Waals surface area (Å²) >= 11 is 1.34. The molecule has 2 rings (SSSR count). The maximum atomic E-state index is 12.5. The molecule has 0 fully saturated rings. The van der Waals surface area contributed by atoms with Gasteiger partial charge in [-0.25, -0.2) is 0 Å². The number of carbonyl (C=O) groups is 2. The number of nitrogens with zero attached hydrogens (tertiary/aromatic N) is 1. The molecule has 3 N–H and O–H groups in total. The largest absolute Gasteiger partial charge is 0.351 e. The second kappa shape index (κ2) is 8.47. The van der Waals surface area contributed by atoms with Gasteiger partial charge in [0.1, 0.15) is 5.70 Å². The Morgan fingerprint density at radius 2 is 2.08 bits per heavy atom. The van der Waals surface area contributed by atoms with Gasteiger partial charge in [0.05, 0.1) is 32.1 Å². The van der Waals surface area contributed by atoms with E-state index in [2.05, 4.69) is 10.6 Å². The molecule has 24 heavy (non-hydrogen) atoms. The monoisotopic (exact) mass is 347 g/mol. The Bertz CT molecular complexity index is 717. The lowest BCUT2D eigenvalue weighted by Gasteiger charge is -2.12. The Morgan fingerprint density at radius 3 is 2.67 bits per heavy atom. The molecule has 0 aromatic carbocycles. The molecule has 2 amide bonds. The molecule has 0 saturated heterocycles. The first-order valence-corrected chi connectivity index (χ1v) is 8.60. The molecule has 0 atom stereocenters. The molecule has 2 heterocycles. The molecule has 0 bridgehead atoms. The summed E-state index contributed by atoms with van der Waals surface area (Å²) in [5, 5.41) is 7.40. The van der Waals surface area contributed by atoms with Crippen LogP contribution in [-0.4, -0.2) is 43.6 Å². The average molecular weight is 347 g/mol. The summed E-state index contributed by atoms with van der Waals surface area (Å²) < 4.78 is 1.88. The van der Waals surface area contributed by atoms with E-state index in [1.54, 1.807) is 18.2 Å². The zero-order chi connectivity index (χ0) is 17.5. The Morgan fingerprint density at radius 1 is 1.29 bits per heavy atom. The summed E-state index contributed by atoms with van der Waals surface area (Å²) in [7, 11) is 5.93. The molecule has 0 unspecified atom stereocenters. The Kier molecular flexibility index (Phi) is 6.34. The molecule has 2 aromatic heterocycles. The molecule has 0 aliphatic rings. The number of nitrogens with one attached hydrogen (secondary N) is 3.